The van der Waals surface area contributed by atoms with E-state index < -0.39 is 18.1 Å². The molecule has 2 aromatic heterocycles. The smallest absolute Gasteiger partial charge is 0.459 e. The molecule has 7 nitrogen and oxygen atoms in total. The molecular weight excluding hydrogens is 379 g/mol. The van der Waals surface area contributed by atoms with Crippen molar-refractivity contribution in [2.75, 3.05) is 7.05 Å². The predicted octanol–water partition coefficient (Wildman–Crippen LogP) is 2.34. The molecule has 2 saturated heterocycles. The third kappa shape index (κ3) is 3.32. The molecule has 4 rings (SSSR count). The molecule has 2 fully saturated rings. The zero-order valence-electron chi connectivity index (χ0n) is 15.0. The number of halogens is 3. The number of nitrogens with zero attached hydrogens (tertiary/aromatic N) is 3. The summed E-state index contributed by atoms with van der Waals surface area (Å²) in [5.41, 5.74) is -0.0696. The zero-order chi connectivity index (χ0) is 20.1. The van der Waals surface area contributed by atoms with Crippen LogP contribution in [0.5, 0.6) is 0 Å². The molecule has 0 unspecified atom stereocenters. The van der Waals surface area contributed by atoms with Crippen LogP contribution in [0.25, 0.3) is 11.0 Å². The molecule has 0 aliphatic carbocycles. The number of alkyl halides is 3. The lowest BCUT2D eigenvalue weighted by Gasteiger charge is -2.35. The highest BCUT2D eigenvalue weighted by Crippen LogP contribution is 2.36. The van der Waals surface area contributed by atoms with Crippen molar-refractivity contribution >= 4 is 23.0 Å². The molecule has 2 aliphatic heterocycles. The molecule has 10 heteroatoms. The molecule has 0 saturated carbocycles. The first kappa shape index (κ1) is 18.7. The number of rotatable bonds is 3. The van der Waals surface area contributed by atoms with Crippen molar-refractivity contribution in [2.45, 2.75) is 50.0 Å². The first-order chi connectivity index (χ1) is 13.2. The van der Waals surface area contributed by atoms with Gasteiger partial charge in [0.2, 0.25) is 0 Å². The molecule has 0 aromatic carbocycles. The first-order valence-corrected chi connectivity index (χ1v) is 8.92. The second-order valence-electron chi connectivity index (χ2n) is 7.17. The molecule has 0 N–H and O–H groups in total. The summed E-state index contributed by atoms with van der Waals surface area (Å²) >= 11 is 0. The Morgan fingerprint density at radius 2 is 1.89 bits per heavy atom. The SMILES string of the molecule is CN1[C@@H]2CC[C@H]1C[C@H](OC(=O)c1cn(OC(=O)C(F)(F)F)c3ncccc13)C2. The standard InChI is InChI=1S/C18H18F3N3O4/c1-23-10-4-5-11(23)8-12(7-10)27-16(25)14-9-24(28-17(26)18(19,20)21)15-13(14)3-2-6-22-15/h2-3,6,9-12H,4-5,7-8H2,1H3/t10-,11+,12-. The summed E-state index contributed by atoms with van der Waals surface area (Å²) in [6.07, 6.45) is 0.472. The fourth-order valence-corrected chi connectivity index (χ4v) is 4.08. The Kier molecular flexibility index (Phi) is 4.53. The Morgan fingerprint density at radius 1 is 1.21 bits per heavy atom. The maximum atomic E-state index is 12.7. The summed E-state index contributed by atoms with van der Waals surface area (Å²) in [5, 5.41) is 0.248. The average Bonchev–Trinajstić information content (AvgIpc) is 3.07. The van der Waals surface area contributed by atoms with Gasteiger partial charge in [0.1, 0.15) is 6.10 Å². The van der Waals surface area contributed by atoms with Crippen molar-refractivity contribution in [3.63, 3.8) is 0 Å². The third-order valence-electron chi connectivity index (χ3n) is 5.49. The Balaban J connectivity index is 1.57. The van der Waals surface area contributed by atoms with E-state index in [4.69, 9.17) is 4.74 Å². The van der Waals surface area contributed by atoms with Crippen LogP contribution in [0.15, 0.2) is 24.5 Å². The summed E-state index contributed by atoms with van der Waals surface area (Å²) in [6.45, 7) is 0. The van der Waals surface area contributed by atoms with Gasteiger partial charge in [0.15, 0.2) is 5.65 Å². The Morgan fingerprint density at radius 3 is 2.54 bits per heavy atom. The Labute approximate surface area is 158 Å². The summed E-state index contributed by atoms with van der Waals surface area (Å²) in [7, 11) is 2.06. The molecule has 4 heterocycles. The molecule has 3 atom stereocenters. The van der Waals surface area contributed by atoms with Gasteiger partial charge in [-0.2, -0.15) is 17.9 Å². The molecule has 2 aliphatic rings. The predicted molar refractivity (Wildman–Crippen MR) is 90.4 cm³/mol. The molecule has 150 valence electrons. The summed E-state index contributed by atoms with van der Waals surface area (Å²) < 4.78 is 43.7. The molecule has 0 radical (unpaired) electrons. The number of carbonyl (C=O) groups excluding carboxylic acids is 2. The van der Waals surface area contributed by atoms with Crippen LogP contribution in [-0.4, -0.2) is 58.0 Å². The lowest BCUT2D eigenvalue weighted by molar-refractivity contribution is -0.199. The molecule has 2 bridgehead atoms. The number of ether oxygens (including phenoxy) is 1. The number of fused-ring (bicyclic) bond motifs is 3. The fraction of sp³-hybridized carbons (Fsp3) is 0.500. The molecule has 0 spiro atoms. The van der Waals surface area contributed by atoms with Gasteiger partial charge in [0, 0.05) is 36.5 Å². The van der Waals surface area contributed by atoms with Crippen molar-refractivity contribution in [1.29, 1.82) is 0 Å². The Bertz CT molecular complexity index is 912. The largest absolute Gasteiger partial charge is 0.493 e. The highest BCUT2D eigenvalue weighted by Gasteiger charge is 2.43. The van der Waals surface area contributed by atoms with Crippen LogP contribution in [-0.2, 0) is 9.53 Å². The lowest BCUT2D eigenvalue weighted by atomic mass is 10.0. The van der Waals surface area contributed by atoms with Crippen molar-refractivity contribution in [1.82, 2.24) is 14.6 Å². The van der Waals surface area contributed by atoms with Crippen LogP contribution in [0.4, 0.5) is 13.2 Å². The summed E-state index contributed by atoms with van der Waals surface area (Å²) in [6, 6.07) is 3.78. The molecule has 0 amide bonds. The lowest BCUT2D eigenvalue weighted by Crippen LogP contribution is -2.43. The third-order valence-corrected chi connectivity index (χ3v) is 5.49. The highest BCUT2D eigenvalue weighted by atomic mass is 19.4. The number of piperidine rings is 1. The van der Waals surface area contributed by atoms with E-state index in [1.807, 2.05) is 0 Å². The quantitative estimate of drug-likeness (QED) is 0.741. The van der Waals surface area contributed by atoms with Crippen LogP contribution in [0, 0.1) is 0 Å². The van der Waals surface area contributed by atoms with Crippen LogP contribution in [0.3, 0.4) is 0 Å². The normalized spacial score (nSPS) is 25.1. The number of pyridine rings is 1. The number of hydrogen-bond donors (Lipinski definition) is 0. The molecule has 28 heavy (non-hydrogen) atoms. The van der Waals surface area contributed by atoms with E-state index in [9.17, 15) is 22.8 Å². The van der Waals surface area contributed by atoms with Crippen LogP contribution in [0.2, 0.25) is 0 Å². The van der Waals surface area contributed by atoms with Crippen molar-refractivity contribution in [2.24, 2.45) is 0 Å². The first-order valence-electron chi connectivity index (χ1n) is 8.92. The van der Waals surface area contributed by atoms with E-state index in [1.165, 1.54) is 18.3 Å². The number of hydrogen-bond acceptors (Lipinski definition) is 6. The van der Waals surface area contributed by atoms with Crippen molar-refractivity contribution in [3.05, 3.63) is 30.1 Å². The van der Waals surface area contributed by atoms with Gasteiger partial charge in [0.25, 0.3) is 0 Å². The van der Waals surface area contributed by atoms with Gasteiger partial charge >= 0.3 is 18.1 Å². The second-order valence-corrected chi connectivity index (χ2v) is 7.17. The number of esters is 1. The van der Waals surface area contributed by atoms with E-state index in [1.54, 1.807) is 0 Å². The van der Waals surface area contributed by atoms with E-state index >= 15 is 0 Å². The van der Waals surface area contributed by atoms with Gasteiger partial charge in [-0.1, -0.05) is 0 Å². The minimum Gasteiger partial charge on any atom is -0.459 e. The van der Waals surface area contributed by atoms with Crippen LogP contribution in [0.1, 0.15) is 36.0 Å². The number of aromatic nitrogens is 2. The molecular formula is C18H18F3N3O4. The summed E-state index contributed by atoms with van der Waals surface area (Å²) in [4.78, 5) is 34.4. The van der Waals surface area contributed by atoms with Gasteiger partial charge in [-0.05, 0) is 32.0 Å². The van der Waals surface area contributed by atoms with Gasteiger partial charge < -0.3 is 14.5 Å². The fourth-order valence-electron chi connectivity index (χ4n) is 4.08. The maximum absolute atomic E-state index is 12.7. The Hall–Kier alpha value is -2.62. The van der Waals surface area contributed by atoms with Crippen LogP contribution < -0.4 is 4.84 Å². The molecule has 2 aromatic rings. The van der Waals surface area contributed by atoms with E-state index in [0.29, 0.717) is 16.8 Å². The van der Waals surface area contributed by atoms with Crippen molar-refractivity contribution < 1.29 is 32.3 Å². The van der Waals surface area contributed by atoms with E-state index in [2.05, 4.69) is 21.8 Å². The van der Waals surface area contributed by atoms with Gasteiger partial charge in [-0.3, -0.25) is 0 Å². The average molecular weight is 397 g/mol. The van der Waals surface area contributed by atoms with Gasteiger partial charge in [-0.15, -0.1) is 0 Å². The van der Waals surface area contributed by atoms with Crippen LogP contribution >= 0.6 is 0 Å². The van der Waals surface area contributed by atoms with Gasteiger partial charge in [-0.25, -0.2) is 14.6 Å². The summed E-state index contributed by atoms with van der Waals surface area (Å²) in [5.74, 6) is -3.07. The monoisotopic (exact) mass is 397 g/mol. The van der Waals surface area contributed by atoms with E-state index in [-0.39, 0.29) is 22.7 Å². The van der Waals surface area contributed by atoms with E-state index in [0.717, 1.165) is 31.9 Å². The highest BCUT2D eigenvalue weighted by molar-refractivity contribution is 6.03. The second kappa shape index (κ2) is 6.77. The minimum atomic E-state index is -5.17. The topological polar surface area (TPSA) is 73.7 Å². The van der Waals surface area contributed by atoms with Gasteiger partial charge in [0.05, 0.1) is 11.8 Å². The maximum Gasteiger partial charge on any atom is 0.493 e. The van der Waals surface area contributed by atoms with Crippen molar-refractivity contribution in [3.8, 4) is 0 Å². The number of carbonyl (C=O) groups is 2. The minimum absolute atomic E-state index is 0.00403. The zero-order valence-corrected chi connectivity index (χ0v) is 15.0.